The van der Waals surface area contributed by atoms with Gasteiger partial charge in [-0.1, -0.05) is 35.9 Å². The maximum atomic E-state index is 12.6. The zero-order chi connectivity index (χ0) is 16.6. The Morgan fingerprint density at radius 1 is 1.04 bits per heavy atom. The van der Waals surface area contributed by atoms with Gasteiger partial charge in [0.2, 0.25) is 0 Å². The summed E-state index contributed by atoms with van der Waals surface area (Å²) in [5, 5.41) is 1.27. The second kappa shape index (κ2) is 5.74. The topological polar surface area (TPSA) is 22.1 Å². The van der Waals surface area contributed by atoms with Crippen LogP contribution in [0.25, 0.3) is 22.2 Å². The SMILES string of the molecule is Cc1cc2cccc(Cl)c2nc1-c1ccccc1OC(F)(F)F. The Morgan fingerprint density at radius 3 is 2.52 bits per heavy atom. The third-order valence-electron chi connectivity index (χ3n) is 3.35. The highest BCUT2D eigenvalue weighted by Crippen LogP contribution is 2.36. The van der Waals surface area contributed by atoms with Gasteiger partial charge in [0.25, 0.3) is 0 Å². The number of hydrogen-bond acceptors (Lipinski definition) is 2. The number of halogens is 4. The number of fused-ring (bicyclic) bond motifs is 1. The van der Waals surface area contributed by atoms with Crippen molar-refractivity contribution in [3.63, 3.8) is 0 Å². The largest absolute Gasteiger partial charge is 0.573 e. The molecule has 2 aromatic carbocycles. The van der Waals surface area contributed by atoms with Crippen molar-refractivity contribution in [1.82, 2.24) is 4.98 Å². The van der Waals surface area contributed by atoms with E-state index in [4.69, 9.17) is 11.6 Å². The number of aryl methyl sites for hydroxylation is 1. The predicted octanol–water partition coefficient (Wildman–Crippen LogP) is 5.76. The first-order valence-corrected chi connectivity index (χ1v) is 7.14. The summed E-state index contributed by atoms with van der Waals surface area (Å²) >= 11 is 6.14. The molecule has 0 saturated heterocycles. The first kappa shape index (κ1) is 15.6. The summed E-state index contributed by atoms with van der Waals surface area (Å²) in [5.74, 6) is -0.290. The minimum Gasteiger partial charge on any atom is -0.405 e. The minimum absolute atomic E-state index is 0.268. The molecule has 0 saturated carbocycles. The second-order valence-corrected chi connectivity index (χ2v) is 5.42. The average molecular weight is 338 g/mol. The summed E-state index contributed by atoms with van der Waals surface area (Å²) in [6.45, 7) is 1.78. The van der Waals surface area contributed by atoms with Crippen molar-refractivity contribution >= 4 is 22.5 Å². The van der Waals surface area contributed by atoms with Crippen LogP contribution in [0.15, 0.2) is 48.5 Å². The third kappa shape index (κ3) is 3.24. The molecule has 3 aromatic rings. The van der Waals surface area contributed by atoms with E-state index in [9.17, 15) is 13.2 Å². The van der Waals surface area contributed by atoms with Gasteiger partial charge in [-0.25, -0.2) is 4.98 Å². The number of ether oxygens (including phenoxy) is 1. The standard InChI is InChI=1S/C17H11ClF3NO/c1-10-9-11-5-4-7-13(18)16(11)22-15(10)12-6-2-3-8-14(12)23-17(19,20)21/h2-9H,1H3. The Hall–Kier alpha value is -2.27. The molecule has 23 heavy (non-hydrogen) atoms. The number of para-hydroxylation sites is 2. The monoisotopic (exact) mass is 337 g/mol. The molecule has 0 aliphatic carbocycles. The number of pyridine rings is 1. The Labute approximate surface area is 135 Å². The highest BCUT2D eigenvalue weighted by molar-refractivity contribution is 6.35. The molecule has 6 heteroatoms. The molecule has 1 aromatic heterocycles. The normalized spacial score (nSPS) is 11.7. The highest BCUT2D eigenvalue weighted by atomic mass is 35.5. The summed E-state index contributed by atoms with van der Waals surface area (Å²) < 4.78 is 41.9. The molecular weight excluding hydrogens is 327 g/mol. The van der Waals surface area contributed by atoms with E-state index in [-0.39, 0.29) is 11.3 Å². The van der Waals surface area contributed by atoms with E-state index >= 15 is 0 Å². The van der Waals surface area contributed by atoms with Crippen molar-refractivity contribution in [1.29, 1.82) is 0 Å². The van der Waals surface area contributed by atoms with Crippen LogP contribution in [0.1, 0.15) is 5.56 Å². The summed E-state index contributed by atoms with van der Waals surface area (Å²) in [4.78, 5) is 4.46. The van der Waals surface area contributed by atoms with Gasteiger partial charge in [0, 0.05) is 10.9 Å². The lowest BCUT2D eigenvalue weighted by Gasteiger charge is -2.15. The Morgan fingerprint density at radius 2 is 1.78 bits per heavy atom. The third-order valence-corrected chi connectivity index (χ3v) is 3.66. The average Bonchev–Trinajstić information content (AvgIpc) is 2.46. The molecule has 0 aliphatic rings. The fourth-order valence-corrected chi connectivity index (χ4v) is 2.64. The maximum absolute atomic E-state index is 12.6. The molecular formula is C17H11ClF3NO. The zero-order valence-electron chi connectivity index (χ0n) is 12.0. The fraction of sp³-hybridized carbons (Fsp3) is 0.118. The lowest BCUT2D eigenvalue weighted by atomic mass is 10.0. The van der Waals surface area contributed by atoms with Crippen LogP contribution in [0.5, 0.6) is 5.75 Å². The van der Waals surface area contributed by atoms with E-state index in [0.29, 0.717) is 16.2 Å². The lowest BCUT2D eigenvalue weighted by molar-refractivity contribution is -0.274. The molecule has 0 bridgehead atoms. The first-order chi connectivity index (χ1) is 10.8. The molecule has 0 atom stereocenters. The van der Waals surface area contributed by atoms with Crippen LogP contribution >= 0.6 is 11.6 Å². The van der Waals surface area contributed by atoms with Gasteiger partial charge in [-0.05, 0) is 36.8 Å². The predicted molar refractivity (Wildman–Crippen MR) is 83.6 cm³/mol. The second-order valence-electron chi connectivity index (χ2n) is 5.01. The first-order valence-electron chi connectivity index (χ1n) is 6.76. The lowest BCUT2D eigenvalue weighted by Crippen LogP contribution is -2.17. The molecule has 0 aliphatic heterocycles. The number of benzene rings is 2. The van der Waals surface area contributed by atoms with Gasteiger partial charge in [0.15, 0.2) is 0 Å². The van der Waals surface area contributed by atoms with Crippen LogP contribution in [-0.4, -0.2) is 11.3 Å². The molecule has 2 nitrogen and oxygen atoms in total. The van der Waals surface area contributed by atoms with Crippen LogP contribution in [0.3, 0.4) is 0 Å². The van der Waals surface area contributed by atoms with E-state index in [1.54, 1.807) is 31.2 Å². The maximum Gasteiger partial charge on any atom is 0.573 e. The van der Waals surface area contributed by atoms with Crippen molar-refractivity contribution in [3.05, 3.63) is 59.1 Å². The summed E-state index contributed by atoms with van der Waals surface area (Å²) in [7, 11) is 0. The number of alkyl halides is 3. The quantitative estimate of drug-likeness (QED) is 0.593. The van der Waals surface area contributed by atoms with Crippen LogP contribution in [0.2, 0.25) is 5.02 Å². The van der Waals surface area contributed by atoms with E-state index in [1.807, 2.05) is 12.1 Å². The number of hydrogen-bond donors (Lipinski definition) is 0. The molecule has 1 heterocycles. The summed E-state index contributed by atoms with van der Waals surface area (Å²) in [6.07, 6.45) is -4.77. The van der Waals surface area contributed by atoms with Crippen molar-refractivity contribution in [2.24, 2.45) is 0 Å². The van der Waals surface area contributed by atoms with Gasteiger partial charge in [-0.2, -0.15) is 0 Å². The van der Waals surface area contributed by atoms with Gasteiger partial charge >= 0.3 is 6.36 Å². The van der Waals surface area contributed by atoms with Gasteiger partial charge in [-0.15, -0.1) is 13.2 Å². The van der Waals surface area contributed by atoms with Gasteiger partial charge in [-0.3, -0.25) is 0 Å². The number of rotatable bonds is 2. The van der Waals surface area contributed by atoms with Crippen LogP contribution in [0, 0.1) is 6.92 Å². The number of nitrogens with zero attached hydrogens (tertiary/aromatic N) is 1. The highest BCUT2D eigenvalue weighted by Gasteiger charge is 2.32. The molecule has 0 radical (unpaired) electrons. The smallest absolute Gasteiger partial charge is 0.405 e. The van der Waals surface area contributed by atoms with Crippen molar-refractivity contribution in [2.45, 2.75) is 13.3 Å². The van der Waals surface area contributed by atoms with E-state index in [2.05, 4.69) is 9.72 Å². The molecule has 0 fully saturated rings. The van der Waals surface area contributed by atoms with Gasteiger partial charge < -0.3 is 4.74 Å². The molecule has 0 spiro atoms. The molecule has 0 amide bonds. The van der Waals surface area contributed by atoms with Crippen molar-refractivity contribution in [3.8, 4) is 17.0 Å². The van der Waals surface area contributed by atoms with Crippen molar-refractivity contribution < 1.29 is 17.9 Å². The van der Waals surface area contributed by atoms with Gasteiger partial charge in [0.1, 0.15) is 5.75 Å². The van der Waals surface area contributed by atoms with E-state index < -0.39 is 6.36 Å². The minimum atomic E-state index is -4.77. The van der Waals surface area contributed by atoms with E-state index in [0.717, 1.165) is 10.9 Å². The summed E-state index contributed by atoms with van der Waals surface area (Å²) in [5.41, 5.74) is 1.95. The molecule has 0 unspecified atom stereocenters. The summed E-state index contributed by atoms with van der Waals surface area (Å²) in [6, 6.07) is 13.1. The Kier molecular flexibility index (Phi) is 3.90. The number of aromatic nitrogens is 1. The fourth-order valence-electron chi connectivity index (χ4n) is 2.42. The van der Waals surface area contributed by atoms with Crippen LogP contribution < -0.4 is 4.74 Å². The van der Waals surface area contributed by atoms with Crippen molar-refractivity contribution in [2.75, 3.05) is 0 Å². The van der Waals surface area contributed by atoms with E-state index in [1.165, 1.54) is 12.1 Å². The van der Waals surface area contributed by atoms with Crippen LogP contribution in [0.4, 0.5) is 13.2 Å². The molecule has 118 valence electrons. The van der Waals surface area contributed by atoms with Gasteiger partial charge in [0.05, 0.1) is 16.2 Å². The molecule has 3 rings (SSSR count). The zero-order valence-corrected chi connectivity index (χ0v) is 12.7. The Bertz CT molecular complexity index is 877. The van der Waals surface area contributed by atoms with Crippen LogP contribution in [-0.2, 0) is 0 Å². The Balaban J connectivity index is 2.21. The molecule has 0 N–H and O–H groups in total.